The highest BCUT2D eigenvalue weighted by Crippen LogP contribution is 2.34. The first-order chi connectivity index (χ1) is 12.0. The first-order valence-electron chi connectivity index (χ1n) is 7.46. The number of carboxylic acids is 1. The number of aliphatic carboxylic acids is 1. The molecular formula is C17H16F3NO5. The van der Waals surface area contributed by atoms with Crippen LogP contribution in [0, 0.1) is 5.41 Å². The fraction of sp³-hybridized carbons (Fsp3) is 0.294. The summed E-state index contributed by atoms with van der Waals surface area (Å²) in [6.07, 6.45) is -4.87. The molecule has 2 rings (SSSR count). The fourth-order valence-corrected chi connectivity index (χ4v) is 1.95. The predicted molar refractivity (Wildman–Crippen MR) is 84.6 cm³/mol. The monoisotopic (exact) mass is 371 g/mol. The van der Waals surface area contributed by atoms with E-state index in [0.29, 0.717) is 0 Å². The van der Waals surface area contributed by atoms with Crippen molar-refractivity contribution in [3.63, 3.8) is 0 Å². The minimum atomic E-state index is -4.87. The zero-order valence-corrected chi connectivity index (χ0v) is 13.9. The first-order valence-corrected chi connectivity index (χ1v) is 7.46. The van der Waals surface area contributed by atoms with E-state index < -0.39 is 29.4 Å². The van der Waals surface area contributed by atoms with Gasteiger partial charge in [-0.05, 0) is 38.1 Å². The van der Waals surface area contributed by atoms with Crippen LogP contribution in [0.15, 0.2) is 40.8 Å². The molecular weight excluding hydrogens is 355 g/mol. The summed E-state index contributed by atoms with van der Waals surface area (Å²) < 4.78 is 46.7. The Balaban J connectivity index is 2.18. The van der Waals surface area contributed by atoms with E-state index in [9.17, 15) is 22.8 Å². The van der Waals surface area contributed by atoms with E-state index in [0.717, 1.165) is 6.07 Å². The Kier molecular flexibility index (Phi) is 5.29. The van der Waals surface area contributed by atoms with Gasteiger partial charge in [-0.25, -0.2) is 0 Å². The van der Waals surface area contributed by atoms with Crippen LogP contribution in [-0.4, -0.2) is 29.9 Å². The molecule has 26 heavy (non-hydrogen) atoms. The lowest BCUT2D eigenvalue weighted by Crippen LogP contribution is -2.38. The molecule has 0 atom stereocenters. The number of amides is 1. The van der Waals surface area contributed by atoms with Crippen molar-refractivity contribution in [3.05, 3.63) is 42.2 Å². The molecule has 0 aliphatic carbocycles. The molecule has 0 aliphatic rings. The third-order valence-electron chi connectivity index (χ3n) is 3.48. The lowest BCUT2D eigenvalue weighted by molar-refractivity contribution is -0.274. The fourth-order valence-electron chi connectivity index (χ4n) is 1.95. The molecule has 1 aromatic carbocycles. The Morgan fingerprint density at radius 3 is 2.42 bits per heavy atom. The summed E-state index contributed by atoms with van der Waals surface area (Å²) in [5.74, 6) is -2.39. The lowest BCUT2D eigenvalue weighted by atomic mass is 9.94. The Labute approximate surface area is 146 Å². The highest BCUT2D eigenvalue weighted by molar-refractivity contribution is 5.92. The van der Waals surface area contributed by atoms with E-state index in [-0.39, 0.29) is 23.6 Å². The third-order valence-corrected chi connectivity index (χ3v) is 3.48. The number of alkyl halides is 3. The Morgan fingerprint density at radius 2 is 1.81 bits per heavy atom. The van der Waals surface area contributed by atoms with Crippen LogP contribution in [0.2, 0.25) is 0 Å². The van der Waals surface area contributed by atoms with E-state index in [1.54, 1.807) is 0 Å². The molecule has 0 aliphatic heterocycles. The van der Waals surface area contributed by atoms with Crippen molar-refractivity contribution in [1.82, 2.24) is 5.32 Å². The molecule has 1 heterocycles. The van der Waals surface area contributed by atoms with Crippen molar-refractivity contribution in [2.24, 2.45) is 5.41 Å². The normalized spacial score (nSPS) is 11.9. The molecule has 2 N–H and O–H groups in total. The van der Waals surface area contributed by atoms with Gasteiger partial charge in [0, 0.05) is 6.54 Å². The molecule has 1 aromatic heterocycles. The number of nitrogens with one attached hydrogen (secondary N) is 1. The average molecular weight is 371 g/mol. The summed E-state index contributed by atoms with van der Waals surface area (Å²) in [5.41, 5.74) is -1.16. The number of hydrogen-bond donors (Lipinski definition) is 2. The number of furan rings is 1. The molecule has 2 aromatic rings. The third kappa shape index (κ3) is 4.78. The van der Waals surface area contributed by atoms with Gasteiger partial charge in [0.2, 0.25) is 0 Å². The lowest BCUT2D eigenvalue weighted by Gasteiger charge is -2.18. The smallest absolute Gasteiger partial charge is 0.481 e. The van der Waals surface area contributed by atoms with Crippen molar-refractivity contribution in [3.8, 4) is 17.1 Å². The highest BCUT2D eigenvalue weighted by atomic mass is 19.4. The summed E-state index contributed by atoms with van der Waals surface area (Å²) in [6, 6.07) is 7.96. The summed E-state index contributed by atoms with van der Waals surface area (Å²) in [7, 11) is 0. The number of carbonyl (C=O) groups is 2. The van der Waals surface area contributed by atoms with E-state index in [1.807, 2.05) is 0 Å². The van der Waals surface area contributed by atoms with E-state index in [1.165, 1.54) is 44.2 Å². The van der Waals surface area contributed by atoms with Crippen molar-refractivity contribution in [2.75, 3.05) is 6.54 Å². The topological polar surface area (TPSA) is 88.8 Å². The molecule has 0 fully saturated rings. The number of halogens is 3. The van der Waals surface area contributed by atoms with Crippen molar-refractivity contribution < 1.29 is 37.0 Å². The minimum Gasteiger partial charge on any atom is -0.481 e. The standard InChI is InChI=1S/C17H16F3NO5/c1-16(2,15(23)24)9-21-14(22)13-8-7-11(25-13)10-5-3-4-6-12(10)26-17(18,19)20/h3-8H,9H2,1-2H3,(H,21,22)(H,23,24). The zero-order chi connectivity index (χ0) is 19.5. The van der Waals surface area contributed by atoms with Gasteiger partial charge >= 0.3 is 12.3 Å². The molecule has 0 radical (unpaired) electrons. The quantitative estimate of drug-likeness (QED) is 0.809. The second-order valence-corrected chi connectivity index (χ2v) is 6.08. The number of rotatable bonds is 6. The van der Waals surface area contributed by atoms with Crippen LogP contribution in [0.3, 0.4) is 0 Å². The molecule has 0 saturated carbocycles. The second-order valence-electron chi connectivity index (χ2n) is 6.08. The predicted octanol–water partition coefficient (Wildman–Crippen LogP) is 3.69. The second kappa shape index (κ2) is 7.11. The van der Waals surface area contributed by atoms with Gasteiger partial charge in [-0.1, -0.05) is 12.1 Å². The molecule has 6 nitrogen and oxygen atoms in total. The maximum Gasteiger partial charge on any atom is 0.573 e. The van der Waals surface area contributed by atoms with Crippen LogP contribution in [0.5, 0.6) is 5.75 Å². The molecule has 0 saturated heterocycles. The Morgan fingerprint density at radius 1 is 1.15 bits per heavy atom. The molecule has 1 amide bonds. The van der Waals surface area contributed by atoms with Crippen LogP contribution in [0.25, 0.3) is 11.3 Å². The van der Waals surface area contributed by atoms with Gasteiger partial charge in [-0.2, -0.15) is 0 Å². The van der Waals surface area contributed by atoms with E-state index in [4.69, 9.17) is 9.52 Å². The van der Waals surface area contributed by atoms with Crippen molar-refractivity contribution >= 4 is 11.9 Å². The number of para-hydroxylation sites is 1. The largest absolute Gasteiger partial charge is 0.573 e. The Bertz CT molecular complexity index is 811. The van der Waals surface area contributed by atoms with E-state index in [2.05, 4.69) is 10.1 Å². The van der Waals surface area contributed by atoms with Gasteiger partial charge in [0.1, 0.15) is 11.5 Å². The van der Waals surface area contributed by atoms with Crippen LogP contribution in [0.4, 0.5) is 13.2 Å². The maximum atomic E-state index is 12.5. The molecule has 0 unspecified atom stereocenters. The van der Waals surface area contributed by atoms with Crippen LogP contribution < -0.4 is 10.1 Å². The first kappa shape index (κ1) is 19.4. The number of hydrogen-bond acceptors (Lipinski definition) is 4. The number of ether oxygens (including phenoxy) is 1. The zero-order valence-electron chi connectivity index (χ0n) is 13.9. The SMILES string of the molecule is CC(C)(CNC(=O)c1ccc(-c2ccccc2OC(F)(F)F)o1)C(=O)O. The maximum absolute atomic E-state index is 12.5. The summed E-state index contributed by atoms with van der Waals surface area (Å²) in [6.45, 7) is 2.73. The van der Waals surface area contributed by atoms with Crippen LogP contribution in [-0.2, 0) is 4.79 Å². The summed E-state index contributed by atoms with van der Waals surface area (Å²) in [5, 5.41) is 11.4. The van der Waals surface area contributed by atoms with Gasteiger partial charge in [0.25, 0.3) is 5.91 Å². The average Bonchev–Trinajstić information content (AvgIpc) is 3.01. The Hall–Kier alpha value is -2.97. The molecule has 140 valence electrons. The minimum absolute atomic E-state index is 0.00694. The molecule has 0 spiro atoms. The molecule has 9 heteroatoms. The van der Waals surface area contributed by atoms with Gasteiger partial charge in [-0.3, -0.25) is 9.59 Å². The van der Waals surface area contributed by atoms with Gasteiger partial charge < -0.3 is 19.6 Å². The number of carbonyl (C=O) groups excluding carboxylic acids is 1. The van der Waals surface area contributed by atoms with Crippen molar-refractivity contribution in [1.29, 1.82) is 0 Å². The van der Waals surface area contributed by atoms with Crippen LogP contribution in [0.1, 0.15) is 24.4 Å². The number of benzene rings is 1. The van der Waals surface area contributed by atoms with Crippen molar-refractivity contribution in [2.45, 2.75) is 20.2 Å². The van der Waals surface area contributed by atoms with Gasteiger partial charge in [0.15, 0.2) is 5.76 Å². The van der Waals surface area contributed by atoms with Crippen LogP contribution >= 0.6 is 0 Å². The van der Waals surface area contributed by atoms with E-state index >= 15 is 0 Å². The summed E-state index contributed by atoms with van der Waals surface area (Å²) >= 11 is 0. The highest BCUT2D eigenvalue weighted by Gasteiger charge is 2.32. The molecule has 0 bridgehead atoms. The van der Waals surface area contributed by atoms with Gasteiger partial charge in [-0.15, -0.1) is 13.2 Å². The summed E-state index contributed by atoms with van der Waals surface area (Å²) in [4.78, 5) is 23.1. The number of carboxylic acid groups (broad SMARTS) is 1. The van der Waals surface area contributed by atoms with Gasteiger partial charge in [0.05, 0.1) is 11.0 Å².